The normalized spacial score (nSPS) is 11.2. The summed E-state index contributed by atoms with van der Waals surface area (Å²) in [5.41, 5.74) is 1.15. The summed E-state index contributed by atoms with van der Waals surface area (Å²) < 4.78 is 15.6. The van der Waals surface area contributed by atoms with Crippen molar-refractivity contribution in [2.24, 2.45) is 0 Å². The van der Waals surface area contributed by atoms with Crippen molar-refractivity contribution in [1.29, 1.82) is 0 Å². The number of carboxylic acid groups (broad SMARTS) is 1. The van der Waals surface area contributed by atoms with E-state index in [0.29, 0.717) is 4.96 Å². The zero-order valence-corrected chi connectivity index (χ0v) is 11.7. The molecule has 20 heavy (non-hydrogen) atoms. The molecular formula is C14H11FN2O2S. The predicted molar refractivity (Wildman–Crippen MR) is 74.9 cm³/mol. The summed E-state index contributed by atoms with van der Waals surface area (Å²) in [5, 5.41) is 9.39. The molecule has 0 fully saturated rings. The van der Waals surface area contributed by atoms with Gasteiger partial charge >= 0.3 is 5.97 Å². The average Bonchev–Trinajstić information content (AvgIpc) is 2.83. The third-order valence-corrected chi connectivity index (χ3v) is 3.92. The summed E-state index contributed by atoms with van der Waals surface area (Å²) in [7, 11) is 0. The lowest BCUT2D eigenvalue weighted by Gasteiger charge is -2.03. The van der Waals surface area contributed by atoms with Crippen LogP contribution in [0.2, 0.25) is 0 Å². The fourth-order valence-electron chi connectivity index (χ4n) is 2.16. The molecule has 0 bridgehead atoms. The van der Waals surface area contributed by atoms with Crippen LogP contribution >= 0.6 is 11.3 Å². The number of fused-ring (bicyclic) bond motifs is 1. The Labute approximate surface area is 118 Å². The van der Waals surface area contributed by atoms with Crippen LogP contribution in [0.1, 0.15) is 20.9 Å². The molecule has 4 nitrogen and oxygen atoms in total. The van der Waals surface area contributed by atoms with Crippen LogP contribution in [-0.4, -0.2) is 20.5 Å². The number of hydrogen-bond donors (Lipinski definition) is 1. The van der Waals surface area contributed by atoms with Crippen molar-refractivity contribution < 1.29 is 14.3 Å². The zero-order valence-electron chi connectivity index (χ0n) is 10.8. The first kappa shape index (κ1) is 12.8. The Morgan fingerprint density at radius 1 is 1.40 bits per heavy atom. The molecule has 0 aliphatic heterocycles. The van der Waals surface area contributed by atoms with Crippen LogP contribution in [0.3, 0.4) is 0 Å². The van der Waals surface area contributed by atoms with Gasteiger partial charge in [0.15, 0.2) is 10.7 Å². The van der Waals surface area contributed by atoms with Gasteiger partial charge in [-0.1, -0.05) is 6.07 Å². The minimum Gasteiger partial charge on any atom is -0.476 e. The molecule has 1 aromatic carbocycles. The van der Waals surface area contributed by atoms with E-state index >= 15 is 0 Å². The van der Waals surface area contributed by atoms with Gasteiger partial charge in [0.25, 0.3) is 0 Å². The highest BCUT2D eigenvalue weighted by Crippen LogP contribution is 2.30. The van der Waals surface area contributed by atoms with E-state index in [1.54, 1.807) is 25.3 Å². The first-order valence-electron chi connectivity index (χ1n) is 5.95. The number of aryl methyl sites for hydroxylation is 2. The van der Waals surface area contributed by atoms with Gasteiger partial charge in [-0.3, -0.25) is 4.40 Å². The van der Waals surface area contributed by atoms with Crippen molar-refractivity contribution in [3.05, 3.63) is 46.3 Å². The van der Waals surface area contributed by atoms with Crippen molar-refractivity contribution in [3.63, 3.8) is 0 Å². The zero-order chi connectivity index (χ0) is 14.4. The molecule has 0 radical (unpaired) electrons. The quantitative estimate of drug-likeness (QED) is 0.785. The Hall–Kier alpha value is -2.21. The number of carbonyl (C=O) groups is 1. The molecular weight excluding hydrogens is 279 g/mol. The molecule has 0 aliphatic rings. The van der Waals surface area contributed by atoms with Crippen LogP contribution in [-0.2, 0) is 0 Å². The lowest BCUT2D eigenvalue weighted by atomic mass is 10.1. The summed E-state index contributed by atoms with van der Waals surface area (Å²) in [6, 6.07) is 4.68. The molecule has 0 spiro atoms. The largest absolute Gasteiger partial charge is 0.476 e. The molecule has 3 aromatic rings. The predicted octanol–water partition coefficient (Wildman–Crippen LogP) is 3.52. The Balaban J connectivity index is 2.32. The van der Waals surface area contributed by atoms with E-state index in [9.17, 15) is 14.3 Å². The standard InChI is InChI=1S/C14H11FN2O2S/c1-7-3-4-9(10(15)5-7)11-12(13(18)19)17-6-8(2)20-14(17)16-11/h3-6H,1-2H3,(H,18,19). The molecule has 0 atom stereocenters. The van der Waals surface area contributed by atoms with Gasteiger partial charge in [-0.2, -0.15) is 0 Å². The second-order valence-electron chi connectivity index (χ2n) is 4.59. The number of aromatic carboxylic acids is 1. The van der Waals surface area contributed by atoms with Gasteiger partial charge in [0.1, 0.15) is 11.5 Å². The molecule has 0 saturated carbocycles. The summed E-state index contributed by atoms with van der Waals surface area (Å²) >= 11 is 1.37. The van der Waals surface area contributed by atoms with Crippen LogP contribution in [0.4, 0.5) is 4.39 Å². The van der Waals surface area contributed by atoms with Crippen molar-refractivity contribution in [1.82, 2.24) is 9.38 Å². The lowest BCUT2D eigenvalue weighted by molar-refractivity contribution is 0.0690. The number of halogens is 1. The van der Waals surface area contributed by atoms with Gasteiger partial charge in [-0.25, -0.2) is 14.2 Å². The fraction of sp³-hybridized carbons (Fsp3) is 0.143. The smallest absolute Gasteiger partial charge is 0.355 e. The maximum absolute atomic E-state index is 14.1. The molecule has 0 unspecified atom stereocenters. The highest BCUT2D eigenvalue weighted by atomic mass is 32.1. The second kappa shape index (κ2) is 4.42. The third-order valence-electron chi connectivity index (χ3n) is 3.02. The van der Waals surface area contributed by atoms with Crippen LogP contribution in [0.15, 0.2) is 24.4 Å². The van der Waals surface area contributed by atoms with Crippen molar-refractivity contribution in [3.8, 4) is 11.3 Å². The summed E-state index contributed by atoms with van der Waals surface area (Å²) in [4.78, 5) is 17.3. The van der Waals surface area contributed by atoms with E-state index < -0.39 is 11.8 Å². The monoisotopic (exact) mass is 290 g/mol. The first-order valence-corrected chi connectivity index (χ1v) is 6.77. The molecule has 2 heterocycles. The summed E-state index contributed by atoms with van der Waals surface area (Å²) in [6.45, 7) is 3.65. The number of imidazole rings is 1. The number of hydrogen-bond acceptors (Lipinski definition) is 3. The third kappa shape index (κ3) is 1.89. The number of carboxylic acids is 1. The number of aromatic nitrogens is 2. The highest BCUT2D eigenvalue weighted by molar-refractivity contribution is 7.17. The SMILES string of the molecule is Cc1ccc(-c2nc3sc(C)cn3c2C(=O)O)c(F)c1. The molecule has 0 amide bonds. The Morgan fingerprint density at radius 2 is 2.15 bits per heavy atom. The van der Waals surface area contributed by atoms with E-state index in [4.69, 9.17) is 0 Å². The summed E-state index contributed by atoms with van der Waals surface area (Å²) in [6.07, 6.45) is 1.70. The molecule has 0 aliphatic carbocycles. The van der Waals surface area contributed by atoms with Gasteiger partial charge in [-0.05, 0) is 31.5 Å². The van der Waals surface area contributed by atoms with Gasteiger partial charge in [0.05, 0.1) is 0 Å². The Morgan fingerprint density at radius 3 is 2.80 bits per heavy atom. The average molecular weight is 290 g/mol. The molecule has 2 aromatic heterocycles. The van der Waals surface area contributed by atoms with E-state index in [1.807, 2.05) is 6.92 Å². The van der Waals surface area contributed by atoms with Gasteiger partial charge in [0, 0.05) is 16.6 Å². The first-order chi connectivity index (χ1) is 9.47. The van der Waals surface area contributed by atoms with Crippen molar-refractivity contribution >= 4 is 22.3 Å². The minimum absolute atomic E-state index is 0.00731. The second-order valence-corrected chi connectivity index (χ2v) is 5.81. The van der Waals surface area contributed by atoms with E-state index in [-0.39, 0.29) is 17.0 Å². The molecule has 102 valence electrons. The van der Waals surface area contributed by atoms with E-state index in [2.05, 4.69) is 4.98 Å². The van der Waals surface area contributed by atoms with E-state index in [0.717, 1.165) is 10.4 Å². The van der Waals surface area contributed by atoms with Crippen LogP contribution < -0.4 is 0 Å². The lowest BCUT2D eigenvalue weighted by Crippen LogP contribution is -2.03. The number of benzene rings is 1. The van der Waals surface area contributed by atoms with Gasteiger partial charge < -0.3 is 5.11 Å². The van der Waals surface area contributed by atoms with Crippen LogP contribution in [0, 0.1) is 19.7 Å². The number of nitrogens with zero attached hydrogens (tertiary/aromatic N) is 2. The summed E-state index contributed by atoms with van der Waals surface area (Å²) in [5.74, 6) is -1.58. The molecule has 0 saturated heterocycles. The minimum atomic E-state index is -1.12. The topological polar surface area (TPSA) is 54.6 Å². The maximum Gasteiger partial charge on any atom is 0.355 e. The highest BCUT2D eigenvalue weighted by Gasteiger charge is 2.23. The maximum atomic E-state index is 14.1. The Kier molecular flexibility index (Phi) is 2.83. The van der Waals surface area contributed by atoms with Crippen molar-refractivity contribution in [2.45, 2.75) is 13.8 Å². The van der Waals surface area contributed by atoms with Crippen LogP contribution in [0.25, 0.3) is 16.2 Å². The van der Waals surface area contributed by atoms with E-state index in [1.165, 1.54) is 21.8 Å². The molecule has 6 heteroatoms. The van der Waals surface area contributed by atoms with Gasteiger partial charge in [-0.15, -0.1) is 11.3 Å². The molecule has 3 rings (SSSR count). The fourth-order valence-corrected chi connectivity index (χ4v) is 2.99. The number of thiazole rings is 1. The van der Waals surface area contributed by atoms with Crippen LogP contribution in [0.5, 0.6) is 0 Å². The van der Waals surface area contributed by atoms with Gasteiger partial charge in [0.2, 0.25) is 0 Å². The van der Waals surface area contributed by atoms with Crippen molar-refractivity contribution in [2.75, 3.05) is 0 Å². The molecule has 1 N–H and O–H groups in total. The number of rotatable bonds is 2. The Bertz CT molecular complexity index is 835.